The van der Waals surface area contributed by atoms with E-state index in [0.717, 1.165) is 11.6 Å². The van der Waals surface area contributed by atoms with Crippen LogP contribution in [0.5, 0.6) is 5.75 Å². The highest BCUT2D eigenvalue weighted by molar-refractivity contribution is 7.92. The quantitative estimate of drug-likeness (QED) is 0.879. The molecule has 0 saturated heterocycles. The first kappa shape index (κ1) is 18.8. The van der Waals surface area contributed by atoms with Crippen molar-refractivity contribution < 1.29 is 23.1 Å². The van der Waals surface area contributed by atoms with Crippen molar-refractivity contribution in [2.24, 2.45) is 0 Å². The molecule has 7 heteroatoms. The molecule has 0 atom stereocenters. The summed E-state index contributed by atoms with van der Waals surface area (Å²) < 4.78 is 32.9. The summed E-state index contributed by atoms with van der Waals surface area (Å²) in [4.78, 5) is 10.8. The normalized spacial score (nSPS) is 11.8. The van der Waals surface area contributed by atoms with Gasteiger partial charge in [-0.1, -0.05) is 39.0 Å². The number of methoxy groups -OCH3 is 1. The lowest BCUT2D eigenvalue weighted by atomic mass is 9.87. The van der Waals surface area contributed by atoms with Crippen LogP contribution in [0, 0.1) is 0 Å². The Labute approximate surface area is 147 Å². The Balaban J connectivity index is 2.47. The third kappa shape index (κ3) is 4.30. The molecule has 134 valence electrons. The molecule has 0 heterocycles. The molecule has 0 unspecified atom stereocenters. The Morgan fingerprint density at radius 3 is 2.36 bits per heavy atom. The van der Waals surface area contributed by atoms with Crippen LogP contribution < -0.4 is 14.6 Å². The Hall–Kier alpha value is -2.54. The van der Waals surface area contributed by atoms with E-state index in [4.69, 9.17) is 4.74 Å². The smallest absolute Gasteiger partial charge is 0.262 e. The van der Waals surface area contributed by atoms with Crippen molar-refractivity contribution in [3.8, 4) is 5.75 Å². The maximum Gasteiger partial charge on any atom is 0.262 e. The fourth-order valence-electron chi connectivity index (χ4n) is 2.25. The summed E-state index contributed by atoms with van der Waals surface area (Å²) >= 11 is 0. The van der Waals surface area contributed by atoms with Gasteiger partial charge in [0.05, 0.1) is 23.7 Å². The molecule has 0 aliphatic carbocycles. The minimum Gasteiger partial charge on any atom is -0.545 e. The van der Waals surface area contributed by atoms with E-state index in [0.29, 0.717) is 5.75 Å². The summed E-state index contributed by atoms with van der Waals surface area (Å²) in [5.41, 5.74) is 0.822. The van der Waals surface area contributed by atoms with Gasteiger partial charge in [0.25, 0.3) is 10.0 Å². The zero-order valence-electron chi connectivity index (χ0n) is 14.5. The number of carbonyl (C=O) groups is 1. The van der Waals surface area contributed by atoms with Crippen molar-refractivity contribution in [1.29, 1.82) is 0 Å². The van der Waals surface area contributed by atoms with Crippen LogP contribution in [0.15, 0.2) is 47.4 Å². The topological polar surface area (TPSA) is 95.5 Å². The maximum absolute atomic E-state index is 12.6. The van der Waals surface area contributed by atoms with Gasteiger partial charge in [-0.25, -0.2) is 8.42 Å². The second kappa shape index (κ2) is 6.76. The molecular formula is C18H20NO5S-. The van der Waals surface area contributed by atoms with Gasteiger partial charge in [-0.15, -0.1) is 0 Å². The fraction of sp³-hybridized carbons (Fsp3) is 0.278. The van der Waals surface area contributed by atoms with E-state index in [1.54, 1.807) is 12.1 Å². The van der Waals surface area contributed by atoms with Crippen LogP contribution in [0.2, 0.25) is 0 Å². The summed E-state index contributed by atoms with van der Waals surface area (Å²) in [6, 6.07) is 10.3. The molecule has 0 bridgehead atoms. The average Bonchev–Trinajstić information content (AvgIpc) is 2.53. The van der Waals surface area contributed by atoms with E-state index in [-0.39, 0.29) is 21.6 Å². The van der Waals surface area contributed by atoms with Gasteiger partial charge in [0.1, 0.15) is 5.75 Å². The summed E-state index contributed by atoms with van der Waals surface area (Å²) in [6.45, 7) is 6.03. The molecule has 0 radical (unpaired) electrons. The van der Waals surface area contributed by atoms with Crippen LogP contribution in [-0.2, 0) is 15.4 Å². The third-order valence-corrected chi connectivity index (χ3v) is 5.05. The summed E-state index contributed by atoms with van der Waals surface area (Å²) in [7, 11) is -2.54. The lowest BCUT2D eigenvalue weighted by Gasteiger charge is -2.21. The van der Waals surface area contributed by atoms with Gasteiger partial charge in [0.2, 0.25) is 0 Å². The molecule has 6 nitrogen and oxygen atoms in total. The third-order valence-electron chi connectivity index (χ3n) is 3.69. The van der Waals surface area contributed by atoms with E-state index in [9.17, 15) is 18.3 Å². The number of nitrogens with one attached hydrogen (secondary N) is 1. The van der Waals surface area contributed by atoms with Crippen LogP contribution >= 0.6 is 0 Å². The SMILES string of the molecule is COc1ccc(C(C)(C)C)cc1NS(=O)(=O)c1cccc(C(=O)[O-])c1. The molecule has 0 saturated carbocycles. The first-order valence-corrected chi connectivity index (χ1v) is 9.05. The zero-order valence-corrected chi connectivity index (χ0v) is 15.3. The van der Waals surface area contributed by atoms with Crippen LogP contribution in [0.3, 0.4) is 0 Å². The molecule has 0 amide bonds. The number of hydrogen-bond donors (Lipinski definition) is 1. The van der Waals surface area contributed by atoms with E-state index in [1.165, 1.54) is 25.3 Å². The zero-order chi connectivity index (χ0) is 18.8. The molecule has 0 spiro atoms. The first-order chi connectivity index (χ1) is 11.5. The average molecular weight is 362 g/mol. The van der Waals surface area contributed by atoms with Gasteiger partial charge in [-0.3, -0.25) is 4.72 Å². The molecule has 1 N–H and O–H groups in total. The molecule has 2 rings (SSSR count). The Morgan fingerprint density at radius 1 is 1.12 bits per heavy atom. The van der Waals surface area contributed by atoms with Gasteiger partial charge in [0, 0.05) is 0 Å². The number of aromatic carboxylic acids is 1. The van der Waals surface area contributed by atoms with Gasteiger partial charge in [-0.2, -0.15) is 0 Å². The number of sulfonamides is 1. The van der Waals surface area contributed by atoms with E-state index in [2.05, 4.69) is 4.72 Å². The Morgan fingerprint density at radius 2 is 1.80 bits per heavy atom. The van der Waals surface area contributed by atoms with E-state index < -0.39 is 16.0 Å². The predicted molar refractivity (Wildman–Crippen MR) is 93.3 cm³/mol. The van der Waals surface area contributed by atoms with Crippen LogP contribution in [0.4, 0.5) is 5.69 Å². The number of carboxylic acid groups (broad SMARTS) is 1. The first-order valence-electron chi connectivity index (χ1n) is 7.57. The summed E-state index contributed by atoms with van der Waals surface area (Å²) in [6.07, 6.45) is 0. The molecule has 2 aromatic rings. The summed E-state index contributed by atoms with van der Waals surface area (Å²) in [5, 5.41) is 10.9. The van der Waals surface area contributed by atoms with Gasteiger partial charge < -0.3 is 14.6 Å². The highest BCUT2D eigenvalue weighted by atomic mass is 32.2. The fourth-order valence-corrected chi connectivity index (χ4v) is 3.35. The Bertz CT molecular complexity index is 898. The number of anilines is 1. The highest BCUT2D eigenvalue weighted by Crippen LogP contribution is 2.32. The second-order valence-corrected chi connectivity index (χ2v) is 8.27. The number of carboxylic acids is 1. The Kier molecular flexibility index (Phi) is 5.08. The minimum atomic E-state index is -3.99. The largest absolute Gasteiger partial charge is 0.545 e. The lowest BCUT2D eigenvalue weighted by molar-refractivity contribution is -0.255. The molecule has 0 aliphatic rings. The number of rotatable bonds is 5. The molecule has 0 aliphatic heterocycles. The van der Waals surface area contributed by atoms with E-state index >= 15 is 0 Å². The molecule has 0 fully saturated rings. The van der Waals surface area contributed by atoms with Crippen molar-refractivity contribution >= 4 is 21.7 Å². The highest BCUT2D eigenvalue weighted by Gasteiger charge is 2.20. The van der Waals surface area contributed by atoms with Gasteiger partial charge >= 0.3 is 0 Å². The van der Waals surface area contributed by atoms with E-state index in [1.807, 2.05) is 26.8 Å². The number of ether oxygens (including phenoxy) is 1. The molecule has 0 aromatic heterocycles. The predicted octanol–water partition coefficient (Wildman–Crippen LogP) is 2.16. The second-order valence-electron chi connectivity index (χ2n) is 6.59. The minimum absolute atomic E-state index is 0.169. The van der Waals surface area contributed by atoms with Crippen molar-refractivity contribution in [3.05, 3.63) is 53.6 Å². The summed E-state index contributed by atoms with van der Waals surface area (Å²) in [5.74, 6) is -1.07. The van der Waals surface area contributed by atoms with Gasteiger partial charge in [0.15, 0.2) is 0 Å². The van der Waals surface area contributed by atoms with Crippen LogP contribution in [0.1, 0.15) is 36.7 Å². The van der Waals surface area contributed by atoms with Crippen LogP contribution in [0.25, 0.3) is 0 Å². The number of carbonyl (C=O) groups excluding carboxylic acids is 1. The van der Waals surface area contributed by atoms with Gasteiger partial charge in [-0.05, 0) is 40.8 Å². The van der Waals surface area contributed by atoms with Crippen molar-refractivity contribution in [1.82, 2.24) is 0 Å². The molecule has 25 heavy (non-hydrogen) atoms. The standard InChI is InChI=1S/C18H21NO5S/c1-18(2,3)13-8-9-16(24-4)15(11-13)19-25(22,23)14-7-5-6-12(10-14)17(20)21/h5-11,19H,1-4H3,(H,20,21)/p-1. The number of hydrogen-bond acceptors (Lipinski definition) is 5. The van der Waals surface area contributed by atoms with Crippen LogP contribution in [-0.4, -0.2) is 21.5 Å². The van der Waals surface area contributed by atoms with Crippen molar-refractivity contribution in [2.45, 2.75) is 31.1 Å². The molecular weight excluding hydrogens is 342 g/mol. The lowest BCUT2D eigenvalue weighted by Crippen LogP contribution is -2.23. The maximum atomic E-state index is 12.6. The molecule has 2 aromatic carbocycles. The van der Waals surface area contributed by atoms with Crippen molar-refractivity contribution in [3.63, 3.8) is 0 Å². The monoisotopic (exact) mass is 362 g/mol. The van der Waals surface area contributed by atoms with Crippen molar-refractivity contribution in [2.75, 3.05) is 11.8 Å². The number of benzene rings is 2.